The van der Waals surface area contributed by atoms with Gasteiger partial charge in [-0.25, -0.2) is 4.39 Å². The molecule has 3 aromatic rings. The highest BCUT2D eigenvalue weighted by atomic mass is 19.1. The van der Waals surface area contributed by atoms with E-state index < -0.39 is 6.10 Å². The second kappa shape index (κ2) is 9.60. The average molecular weight is 426 g/mol. The Bertz CT molecular complexity index is 1080. The molecule has 1 unspecified atom stereocenters. The molecule has 1 N–H and O–H groups in total. The van der Waals surface area contributed by atoms with E-state index in [4.69, 9.17) is 9.15 Å². The van der Waals surface area contributed by atoms with Gasteiger partial charge in [0.25, 0.3) is 0 Å². The fourth-order valence-electron chi connectivity index (χ4n) is 3.85. The van der Waals surface area contributed by atoms with Crippen molar-refractivity contribution in [3.05, 3.63) is 64.8 Å². The van der Waals surface area contributed by atoms with Crippen LogP contribution < -0.4 is 10.2 Å². The van der Waals surface area contributed by atoms with E-state index in [2.05, 4.69) is 16.8 Å². The maximum absolute atomic E-state index is 13.2. The molecule has 0 saturated carbocycles. The van der Waals surface area contributed by atoms with Crippen molar-refractivity contribution in [3.63, 3.8) is 0 Å². The van der Waals surface area contributed by atoms with Gasteiger partial charge >= 0.3 is 0 Å². The van der Waals surface area contributed by atoms with Crippen LogP contribution >= 0.6 is 0 Å². The summed E-state index contributed by atoms with van der Waals surface area (Å²) < 4.78 is 24.6. The predicted octanol–water partition coefficient (Wildman–Crippen LogP) is 2.98. The van der Waals surface area contributed by atoms with Crippen LogP contribution in [0, 0.1) is 5.82 Å². The molecule has 2 aromatic carbocycles. The third-order valence-corrected chi connectivity index (χ3v) is 5.62. The summed E-state index contributed by atoms with van der Waals surface area (Å²) in [4.78, 5) is 17.4. The first kappa shape index (κ1) is 21.5. The van der Waals surface area contributed by atoms with Crippen LogP contribution in [-0.4, -0.2) is 67.4 Å². The highest BCUT2D eigenvalue weighted by Crippen LogP contribution is 2.23. The molecule has 0 amide bonds. The summed E-state index contributed by atoms with van der Waals surface area (Å²) in [5.74, 6) is 0.168. The van der Waals surface area contributed by atoms with Crippen LogP contribution in [-0.2, 0) is 0 Å². The van der Waals surface area contributed by atoms with Crippen LogP contribution in [0.5, 0.6) is 5.75 Å². The third kappa shape index (κ3) is 5.31. The molecular formula is C24H27FN2O4. The molecule has 0 spiro atoms. The van der Waals surface area contributed by atoms with E-state index >= 15 is 0 Å². The Labute approximate surface area is 180 Å². The number of nitrogens with zero attached hydrogens (tertiary/aromatic N) is 2. The number of aliphatic hydroxyl groups is 1. The third-order valence-electron chi connectivity index (χ3n) is 5.62. The molecule has 0 bridgehead atoms. The number of fused-ring (bicyclic) bond motifs is 1. The largest absolute Gasteiger partial charge is 0.491 e. The highest BCUT2D eigenvalue weighted by Gasteiger charge is 2.16. The molecule has 6 nitrogen and oxygen atoms in total. The van der Waals surface area contributed by atoms with Gasteiger partial charge < -0.3 is 19.2 Å². The van der Waals surface area contributed by atoms with Crippen LogP contribution in [0.15, 0.2) is 57.9 Å². The summed E-state index contributed by atoms with van der Waals surface area (Å²) in [7, 11) is 2.11. The summed E-state index contributed by atoms with van der Waals surface area (Å²) in [6.45, 7) is 4.71. The van der Waals surface area contributed by atoms with Gasteiger partial charge in [-0.05, 0) is 56.4 Å². The Morgan fingerprint density at radius 3 is 2.74 bits per heavy atom. The molecule has 1 aliphatic rings. The lowest BCUT2D eigenvalue weighted by atomic mass is 10.1. The van der Waals surface area contributed by atoms with Gasteiger partial charge in [-0.3, -0.25) is 9.69 Å². The molecule has 31 heavy (non-hydrogen) atoms. The van der Waals surface area contributed by atoms with Crippen LogP contribution in [0.25, 0.3) is 22.1 Å². The topological polar surface area (TPSA) is 66.2 Å². The first-order valence-electron chi connectivity index (χ1n) is 10.5. The average Bonchev–Trinajstić information content (AvgIpc) is 2.97. The predicted molar refractivity (Wildman–Crippen MR) is 118 cm³/mol. The first-order valence-corrected chi connectivity index (χ1v) is 10.5. The van der Waals surface area contributed by atoms with Crippen LogP contribution in [0.3, 0.4) is 0 Å². The standard InChI is InChI=1S/C24H27FN2O4/c1-26-9-2-10-27(12-11-26)14-19(28)15-30-20-7-8-21-23(13-20)31-16-22(24(21)29)17-3-5-18(25)6-4-17/h3-8,13,16,19,28H,2,9-12,14-15H2,1H3. The van der Waals surface area contributed by atoms with Gasteiger partial charge in [-0.2, -0.15) is 0 Å². The van der Waals surface area contributed by atoms with Gasteiger partial charge in [-0.15, -0.1) is 0 Å². The van der Waals surface area contributed by atoms with Gasteiger partial charge in [0, 0.05) is 25.7 Å². The lowest BCUT2D eigenvalue weighted by Gasteiger charge is -2.23. The summed E-state index contributed by atoms with van der Waals surface area (Å²) >= 11 is 0. The van der Waals surface area contributed by atoms with E-state index in [0.29, 0.717) is 34.4 Å². The lowest BCUT2D eigenvalue weighted by molar-refractivity contribution is 0.0696. The fourth-order valence-corrected chi connectivity index (χ4v) is 3.85. The number of ether oxygens (including phenoxy) is 1. The van der Waals surface area contributed by atoms with Crippen LogP contribution in [0.2, 0.25) is 0 Å². The zero-order valence-corrected chi connectivity index (χ0v) is 17.6. The number of hydrogen-bond acceptors (Lipinski definition) is 6. The van der Waals surface area contributed by atoms with Crippen LogP contribution in [0.4, 0.5) is 4.39 Å². The molecule has 2 heterocycles. The van der Waals surface area contributed by atoms with Crippen molar-refractivity contribution in [2.24, 2.45) is 0 Å². The number of rotatable bonds is 6. The molecule has 0 radical (unpaired) electrons. The minimum absolute atomic E-state index is 0.162. The quantitative estimate of drug-likeness (QED) is 0.654. The summed E-state index contributed by atoms with van der Waals surface area (Å²) in [6.07, 6.45) is 1.87. The number of likely N-dealkylation sites (N-methyl/N-ethyl adjacent to an activating group) is 1. The van der Waals surface area contributed by atoms with E-state index in [1.807, 2.05) is 0 Å². The van der Waals surface area contributed by atoms with E-state index in [9.17, 15) is 14.3 Å². The maximum Gasteiger partial charge on any atom is 0.200 e. The van der Waals surface area contributed by atoms with Crippen molar-refractivity contribution in [2.45, 2.75) is 12.5 Å². The molecule has 4 rings (SSSR count). The van der Waals surface area contributed by atoms with Gasteiger partial charge in [-0.1, -0.05) is 12.1 Å². The van der Waals surface area contributed by atoms with Crippen molar-refractivity contribution in [1.29, 1.82) is 0 Å². The molecular weight excluding hydrogens is 399 g/mol. The number of halogens is 1. The Morgan fingerprint density at radius 2 is 1.94 bits per heavy atom. The summed E-state index contributed by atoms with van der Waals surface area (Å²) in [6, 6.07) is 10.7. The van der Waals surface area contributed by atoms with E-state index in [1.165, 1.54) is 18.4 Å². The van der Waals surface area contributed by atoms with Gasteiger partial charge in [0.05, 0.1) is 10.9 Å². The van der Waals surface area contributed by atoms with Gasteiger partial charge in [0.1, 0.15) is 36.1 Å². The second-order valence-corrected chi connectivity index (χ2v) is 8.07. The zero-order valence-electron chi connectivity index (χ0n) is 17.6. The van der Waals surface area contributed by atoms with Gasteiger partial charge in [0.2, 0.25) is 0 Å². The van der Waals surface area contributed by atoms with Crippen molar-refractivity contribution in [1.82, 2.24) is 9.80 Å². The summed E-state index contributed by atoms with van der Waals surface area (Å²) in [5.41, 5.74) is 1.18. The normalized spacial score (nSPS) is 16.9. The van der Waals surface area contributed by atoms with Gasteiger partial charge in [0.15, 0.2) is 5.43 Å². The number of hydrogen-bond donors (Lipinski definition) is 1. The van der Waals surface area contributed by atoms with Crippen molar-refractivity contribution in [2.75, 3.05) is 46.4 Å². The monoisotopic (exact) mass is 426 g/mol. The second-order valence-electron chi connectivity index (χ2n) is 8.07. The fraction of sp³-hybridized carbons (Fsp3) is 0.375. The Morgan fingerprint density at radius 1 is 1.13 bits per heavy atom. The summed E-state index contributed by atoms with van der Waals surface area (Å²) in [5, 5.41) is 10.8. The SMILES string of the molecule is CN1CCCN(CC(O)COc2ccc3c(=O)c(-c4ccc(F)cc4)coc3c2)CC1. The Balaban J connectivity index is 1.41. The molecule has 1 saturated heterocycles. The van der Waals surface area contributed by atoms with Crippen molar-refractivity contribution >= 4 is 11.0 Å². The molecule has 0 aliphatic carbocycles. The first-order chi connectivity index (χ1) is 15.0. The lowest BCUT2D eigenvalue weighted by Crippen LogP contribution is -2.37. The highest BCUT2D eigenvalue weighted by molar-refractivity contribution is 5.82. The molecule has 7 heteroatoms. The van der Waals surface area contributed by atoms with Crippen LogP contribution in [0.1, 0.15) is 6.42 Å². The number of β-amino-alcohol motifs (C(OH)–C–C–N with tert-alkyl or cyclic N) is 1. The maximum atomic E-state index is 13.2. The van der Waals surface area contributed by atoms with E-state index in [-0.39, 0.29) is 17.9 Å². The van der Waals surface area contributed by atoms with Crippen molar-refractivity contribution < 1.29 is 18.7 Å². The van der Waals surface area contributed by atoms with E-state index in [0.717, 1.165) is 32.6 Å². The Kier molecular flexibility index (Phi) is 6.65. The smallest absolute Gasteiger partial charge is 0.200 e. The molecule has 1 fully saturated rings. The minimum atomic E-state index is -0.605. The number of aliphatic hydroxyl groups excluding tert-OH is 1. The Hall–Kier alpha value is -2.74. The van der Waals surface area contributed by atoms with Crippen molar-refractivity contribution in [3.8, 4) is 16.9 Å². The van der Waals surface area contributed by atoms with E-state index in [1.54, 1.807) is 30.3 Å². The zero-order chi connectivity index (χ0) is 21.8. The molecule has 164 valence electrons. The number of benzene rings is 2. The minimum Gasteiger partial charge on any atom is -0.491 e. The molecule has 1 aromatic heterocycles. The molecule has 1 atom stereocenters. The molecule has 1 aliphatic heterocycles.